The smallest absolute Gasteiger partial charge is 0.418 e. The third kappa shape index (κ3) is 2.00. The Morgan fingerprint density at radius 1 is 1.64 bits per heavy atom. The summed E-state index contributed by atoms with van der Waals surface area (Å²) in [6, 6.07) is -0.391. The first-order valence-electron chi connectivity index (χ1n) is 2.78. The molecule has 0 atom stereocenters. The van der Waals surface area contributed by atoms with Crippen molar-refractivity contribution in [3.05, 3.63) is 11.1 Å². The van der Waals surface area contributed by atoms with Crippen molar-refractivity contribution in [2.45, 2.75) is 0 Å². The summed E-state index contributed by atoms with van der Waals surface area (Å²) in [6.45, 7) is -0.207. The van der Waals surface area contributed by atoms with Crippen LogP contribution in [0, 0.1) is 0 Å². The van der Waals surface area contributed by atoms with Crippen molar-refractivity contribution in [3.63, 3.8) is 0 Å². The Labute approximate surface area is 63.0 Å². The van der Waals surface area contributed by atoms with Crippen molar-refractivity contribution in [2.75, 3.05) is 6.54 Å². The van der Waals surface area contributed by atoms with Gasteiger partial charge in [0.05, 0.1) is 6.54 Å². The van der Waals surface area contributed by atoms with Crippen LogP contribution in [0.1, 0.15) is 0 Å². The van der Waals surface area contributed by atoms with Crippen LogP contribution >= 0.6 is 0 Å². The summed E-state index contributed by atoms with van der Waals surface area (Å²) < 4.78 is 30.9. The average molecular weight is 178 g/mol. The molecule has 0 saturated heterocycles. The lowest BCUT2D eigenvalue weighted by molar-refractivity contribution is -0.485. The Balaban J connectivity index is 2.86. The molecule has 0 aromatic carbocycles. The largest absolute Gasteiger partial charge is 0.744 e. The van der Waals surface area contributed by atoms with E-state index in [4.69, 9.17) is 0 Å². The fourth-order valence-electron chi connectivity index (χ4n) is 0.632. The SMILES string of the molecule is O=C1NCC(S(=O)(=O)[O-])=C[NH2+]1. The molecule has 2 amide bonds. The molecule has 0 aliphatic carbocycles. The van der Waals surface area contributed by atoms with Crippen LogP contribution in [0.4, 0.5) is 4.79 Å². The van der Waals surface area contributed by atoms with Crippen molar-refractivity contribution in [3.8, 4) is 0 Å². The highest BCUT2D eigenvalue weighted by molar-refractivity contribution is 7.89. The van der Waals surface area contributed by atoms with Crippen molar-refractivity contribution >= 4 is 16.1 Å². The summed E-state index contributed by atoms with van der Waals surface area (Å²) in [5.41, 5.74) is 0. The minimum Gasteiger partial charge on any atom is -0.744 e. The standard InChI is InChI=1S/C4H6N2O4S/c7-4-5-1-3(2-6-4)11(8,9)10/h1H,2H2,(H2,5,6,7)(H,8,9,10). The molecule has 6 nitrogen and oxygen atoms in total. The Morgan fingerprint density at radius 2 is 2.27 bits per heavy atom. The number of rotatable bonds is 1. The molecule has 0 fully saturated rings. The van der Waals surface area contributed by atoms with Crippen LogP contribution in [0.3, 0.4) is 0 Å². The zero-order chi connectivity index (χ0) is 8.48. The summed E-state index contributed by atoms with van der Waals surface area (Å²) in [4.78, 5) is 10.1. The van der Waals surface area contributed by atoms with Gasteiger partial charge in [0.1, 0.15) is 21.2 Å². The zero-order valence-corrected chi connectivity index (χ0v) is 6.22. The highest BCUT2D eigenvalue weighted by Crippen LogP contribution is 1.99. The molecule has 0 bridgehead atoms. The fourth-order valence-corrected chi connectivity index (χ4v) is 1.12. The normalized spacial score (nSPS) is 19.0. The molecule has 3 N–H and O–H groups in total. The first kappa shape index (κ1) is 8.18. The number of quaternary nitrogens is 1. The molecule has 0 spiro atoms. The van der Waals surface area contributed by atoms with E-state index in [0.29, 0.717) is 0 Å². The van der Waals surface area contributed by atoms with Crippen LogP contribution in [0.5, 0.6) is 0 Å². The number of nitrogens with two attached hydrogens (primary N) is 1. The number of urea groups is 1. The third-order valence-electron chi connectivity index (χ3n) is 1.18. The molecular formula is C4H6N2O4S. The Morgan fingerprint density at radius 3 is 2.64 bits per heavy atom. The Kier molecular flexibility index (Phi) is 1.94. The first-order chi connectivity index (χ1) is 5.00. The predicted octanol–water partition coefficient (Wildman–Crippen LogP) is -2.34. The molecule has 62 valence electrons. The third-order valence-corrected chi connectivity index (χ3v) is 2.10. The van der Waals surface area contributed by atoms with Crippen LogP contribution < -0.4 is 10.6 Å². The molecule has 1 aliphatic heterocycles. The van der Waals surface area contributed by atoms with Gasteiger partial charge in [-0.2, -0.15) is 0 Å². The van der Waals surface area contributed by atoms with E-state index < -0.39 is 16.1 Å². The van der Waals surface area contributed by atoms with Gasteiger partial charge in [0.15, 0.2) is 0 Å². The highest BCUT2D eigenvalue weighted by Gasteiger charge is 2.16. The molecule has 1 rings (SSSR count). The van der Waals surface area contributed by atoms with Crippen LogP contribution in [0.15, 0.2) is 11.1 Å². The summed E-state index contributed by atoms with van der Waals surface area (Å²) in [7, 11) is -4.38. The lowest BCUT2D eigenvalue weighted by atomic mass is 10.5. The molecule has 1 aliphatic rings. The van der Waals surface area contributed by atoms with E-state index in [1.807, 2.05) is 0 Å². The van der Waals surface area contributed by atoms with Crippen LogP contribution in [-0.2, 0) is 10.1 Å². The summed E-state index contributed by atoms with van der Waals surface area (Å²) in [5, 5.41) is 3.20. The summed E-state index contributed by atoms with van der Waals surface area (Å²) in [5.74, 6) is 0. The lowest BCUT2D eigenvalue weighted by Crippen LogP contribution is -2.87. The quantitative estimate of drug-likeness (QED) is 0.439. The van der Waals surface area contributed by atoms with Gasteiger partial charge in [0, 0.05) is 0 Å². The second-order valence-corrected chi connectivity index (χ2v) is 3.40. The van der Waals surface area contributed by atoms with Crippen molar-refractivity contribution in [1.82, 2.24) is 5.32 Å². The minimum absolute atomic E-state index is 0.207. The second-order valence-electron chi connectivity index (χ2n) is 1.97. The topological polar surface area (TPSA) is 103 Å². The molecule has 7 heteroatoms. The molecule has 11 heavy (non-hydrogen) atoms. The van der Waals surface area contributed by atoms with Crippen LogP contribution in [-0.4, -0.2) is 25.5 Å². The van der Waals surface area contributed by atoms with E-state index in [2.05, 4.69) is 5.32 Å². The van der Waals surface area contributed by atoms with Gasteiger partial charge in [-0.3, -0.25) is 0 Å². The van der Waals surface area contributed by atoms with E-state index in [1.165, 1.54) is 0 Å². The van der Waals surface area contributed by atoms with Gasteiger partial charge in [-0.05, 0) is 0 Å². The van der Waals surface area contributed by atoms with Crippen molar-refractivity contribution < 1.29 is 23.1 Å². The van der Waals surface area contributed by atoms with E-state index in [0.717, 1.165) is 11.5 Å². The molecule has 1 heterocycles. The number of amides is 2. The molecule has 0 aromatic rings. The van der Waals surface area contributed by atoms with Gasteiger partial charge in [0.2, 0.25) is 0 Å². The number of carbonyl (C=O) groups excluding carboxylic acids is 1. The van der Waals surface area contributed by atoms with E-state index in [-0.39, 0.29) is 11.4 Å². The summed E-state index contributed by atoms with van der Waals surface area (Å²) >= 11 is 0. The van der Waals surface area contributed by atoms with Gasteiger partial charge in [-0.25, -0.2) is 18.5 Å². The Bertz CT molecular complexity index is 304. The van der Waals surface area contributed by atoms with Gasteiger partial charge in [0.25, 0.3) is 0 Å². The predicted molar refractivity (Wildman–Crippen MR) is 33.1 cm³/mol. The molecular weight excluding hydrogens is 172 g/mol. The zero-order valence-electron chi connectivity index (χ0n) is 5.40. The van der Waals surface area contributed by atoms with E-state index in [1.54, 1.807) is 0 Å². The number of primary amides is 1. The van der Waals surface area contributed by atoms with Crippen LogP contribution in [0.25, 0.3) is 0 Å². The average Bonchev–Trinajstić information content (AvgIpc) is 1.86. The second kappa shape index (κ2) is 2.61. The molecule has 0 unspecified atom stereocenters. The van der Waals surface area contributed by atoms with Gasteiger partial charge in [-0.1, -0.05) is 0 Å². The maximum atomic E-state index is 10.4. The van der Waals surface area contributed by atoms with Gasteiger partial charge in [-0.15, -0.1) is 0 Å². The number of hydrogen-bond donors (Lipinski definition) is 2. The lowest BCUT2D eigenvalue weighted by Gasteiger charge is -2.13. The van der Waals surface area contributed by atoms with Gasteiger partial charge >= 0.3 is 6.03 Å². The number of hydrogen-bond acceptors (Lipinski definition) is 4. The first-order valence-corrected chi connectivity index (χ1v) is 4.18. The maximum Gasteiger partial charge on any atom is 0.418 e. The van der Waals surface area contributed by atoms with Crippen molar-refractivity contribution in [1.29, 1.82) is 0 Å². The van der Waals surface area contributed by atoms with E-state index >= 15 is 0 Å². The Hall–Kier alpha value is -0.920. The van der Waals surface area contributed by atoms with Crippen molar-refractivity contribution in [2.24, 2.45) is 0 Å². The number of nitrogens with one attached hydrogen (secondary N) is 1. The molecule has 0 saturated carbocycles. The maximum absolute atomic E-state index is 10.4. The summed E-state index contributed by atoms with van der Waals surface area (Å²) in [6.07, 6.45) is 1.02. The van der Waals surface area contributed by atoms with Gasteiger partial charge < -0.3 is 9.87 Å². The monoisotopic (exact) mass is 178 g/mol. The minimum atomic E-state index is -4.38. The molecule has 0 aromatic heterocycles. The molecule has 0 radical (unpaired) electrons. The van der Waals surface area contributed by atoms with E-state index in [9.17, 15) is 17.8 Å². The number of carbonyl (C=O) groups is 1. The van der Waals surface area contributed by atoms with Crippen LogP contribution in [0.2, 0.25) is 0 Å². The fraction of sp³-hybridized carbons (Fsp3) is 0.250. The highest BCUT2D eigenvalue weighted by atomic mass is 32.2.